The van der Waals surface area contributed by atoms with E-state index in [0.29, 0.717) is 24.2 Å². The van der Waals surface area contributed by atoms with E-state index in [1.165, 1.54) is 18.3 Å². The van der Waals surface area contributed by atoms with E-state index in [-0.39, 0.29) is 5.56 Å². The highest BCUT2D eigenvalue weighted by molar-refractivity contribution is 5.57. The van der Waals surface area contributed by atoms with Crippen LogP contribution in [0.2, 0.25) is 0 Å². The first-order valence-corrected chi connectivity index (χ1v) is 5.70. The van der Waals surface area contributed by atoms with Gasteiger partial charge in [0.15, 0.2) is 5.76 Å². The second kappa shape index (κ2) is 5.27. The number of oxazole rings is 1. The molecule has 1 heterocycles. The molecule has 0 aliphatic carbocycles. The normalized spacial score (nSPS) is 11.2. The summed E-state index contributed by atoms with van der Waals surface area (Å²) in [5.41, 5.74) is 0.208. The van der Waals surface area contributed by atoms with Crippen LogP contribution in [0.25, 0.3) is 11.3 Å². The Morgan fingerprint density at radius 2 is 2.11 bits per heavy atom. The van der Waals surface area contributed by atoms with Gasteiger partial charge in [0.2, 0.25) is 5.89 Å². The highest BCUT2D eigenvalue weighted by Crippen LogP contribution is 2.24. The van der Waals surface area contributed by atoms with Gasteiger partial charge in [-0.1, -0.05) is 13.8 Å². The summed E-state index contributed by atoms with van der Waals surface area (Å²) in [5.74, 6) is -0.498. The van der Waals surface area contributed by atoms with E-state index < -0.39 is 11.6 Å². The average molecular weight is 252 g/mol. The third-order valence-electron chi connectivity index (χ3n) is 2.41. The molecular formula is C13H14F2N2O. The van der Waals surface area contributed by atoms with Gasteiger partial charge >= 0.3 is 0 Å². The van der Waals surface area contributed by atoms with Crippen LogP contribution in [0, 0.1) is 11.6 Å². The van der Waals surface area contributed by atoms with Gasteiger partial charge in [0.05, 0.1) is 18.3 Å². The molecule has 1 aromatic heterocycles. The molecule has 0 spiro atoms. The fraction of sp³-hybridized carbons (Fsp3) is 0.308. The Hall–Kier alpha value is -1.75. The first-order chi connectivity index (χ1) is 8.56. The number of halogens is 2. The fourth-order valence-corrected chi connectivity index (χ4v) is 1.50. The van der Waals surface area contributed by atoms with Crippen LogP contribution in [0.3, 0.4) is 0 Å². The zero-order valence-electron chi connectivity index (χ0n) is 10.2. The topological polar surface area (TPSA) is 38.1 Å². The van der Waals surface area contributed by atoms with Crippen molar-refractivity contribution in [1.82, 2.24) is 10.3 Å². The van der Waals surface area contributed by atoms with Gasteiger partial charge in [0, 0.05) is 12.1 Å². The highest BCUT2D eigenvalue weighted by atomic mass is 19.1. The van der Waals surface area contributed by atoms with E-state index in [0.717, 1.165) is 6.07 Å². The molecule has 18 heavy (non-hydrogen) atoms. The molecule has 2 aromatic rings. The van der Waals surface area contributed by atoms with E-state index in [1.807, 2.05) is 13.8 Å². The lowest BCUT2D eigenvalue weighted by Gasteiger charge is -2.04. The number of hydrogen-bond acceptors (Lipinski definition) is 3. The third kappa shape index (κ3) is 2.92. The van der Waals surface area contributed by atoms with Crippen molar-refractivity contribution in [2.24, 2.45) is 0 Å². The summed E-state index contributed by atoms with van der Waals surface area (Å²) in [6.45, 7) is 4.48. The summed E-state index contributed by atoms with van der Waals surface area (Å²) >= 11 is 0. The molecule has 5 heteroatoms. The first-order valence-electron chi connectivity index (χ1n) is 5.70. The van der Waals surface area contributed by atoms with Crippen molar-refractivity contribution in [3.05, 3.63) is 41.9 Å². The second-order valence-corrected chi connectivity index (χ2v) is 4.28. The molecule has 0 atom stereocenters. The predicted octanol–water partition coefficient (Wildman–Crippen LogP) is 3.12. The quantitative estimate of drug-likeness (QED) is 0.908. The largest absolute Gasteiger partial charge is 0.439 e. The van der Waals surface area contributed by atoms with Gasteiger partial charge in [0.25, 0.3) is 0 Å². The van der Waals surface area contributed by atoms with Crippen LogP contribution in [0.5, 0.6) is 0 Å². The second-order valence-electron chi connectivity index (χ2n) is 4.28. The van der Waals surface area contributed by atoms with E-state index in [1.54, 1.807) is 0 Å². The van der Waals surface area contributed by atoms with E-state index in [4.69, 9.17) is 4.42 Å². The van der Waals surface area contributed by atoms with Crippen molar-refractivity contribution in [3.8, 4) is 11.3 Å². The lowest BCUT2D eigenvalue weighted by atomic mass is 10.2. The molecule has 0 amide bonds. The van der Waals surface area contributed by atoms with Crippen molar-refractivity contribution in [2.75, 3.05) is 0 Å². The number of aromatic nitrogens is 1. The molecule has 0 bridgehead atoms. The molecule has 0 unspecified atom stereocenters. The van der Waals surface area contributed by atoms with Crippen LogP contribution >= 0.6 is 0 Å². The van der Waals surface area contributed by atoms with E-state index in [2.05, 4.69) is 10.3 Å². The first kappa shape index (κ1) is 12.7. The van der Waals surface area contributed by atoms with E-state index >= 15 is 0 Å². The van der Waals surface area contributed by atoms with Gasteiger partial charge in [-0.25, -0.2) is 13.8 Å². The smallest absolute Gasteiger partial charge is 0.208 e. The maximum atomic E-state index is 13.5. The number of hydrogen-bond donors (Lipinski definition) is 1. The van der Waals surface area contributed by atoms with Gasteiger partial charge in [-0.3, -0.25) is 0 Å². The molecule has 1 N–H and O–H groups in total. The Morgan fingerprint density at radius 1 is 1.33 bits per heavy atom. The molecule has 0 aliphatic heterocycles. The Bertz CT molecular complexity index is 538. The Balaban J connectivity index is 2.18. The molecule has 96 valence electrons. The minimum Gasteiger partial charge on any atom is -0.439 e. The monoisotopic (exact) mass is 252 g/mol. The lowest BCUT2D eigenvalue weighted by molar-refractivity contribution is 0.457. The molecule has 0 saturated carbocycles. The number of rotatable bonds is 4. The molecule has 2 rings (SSSR count). The molecule has 0 fully saturated rings. The maximum absolute atomic E-state index is 13.5. The van der Waals surface area contributed by atoms with E-state index in [9.17, 15) is 8.78 Å². The van der Waals surface area contributed by atoms with Gasteiger partial charge in [0.1, 0.15) is 11.6 Å². The summed E-state index contributed by atoms with van der Waals surface area (Å²) in [5, 5.41) is 3.14. The summed E-state index contributed by atoms with van der Waals surface area (Å²) in [7, 11) is 0. The molecular weight excluding hydrogens is 238 g/mol. The average Bonchev–Trinajstić information content (AvgIpc) is 2.75. The Morgan fingerprint density at radius 3 is 2.78 bits per heavy atom. The molecule has 0 saturated heterocycles. The number of nitrogens with zero attached hydrogens (tertiary/aromatic N) is 1. The summed E-state index contributed by atoms with van der Waals surface area (Å²) in [6.07, 6.45) is 1.44. The fourth-order valence-electron chi connectivity index (χ4n) is 1.50. The van der Waals surface area contributed by atoms with Crippen molar-refractivity contribution in [3.63, 3.8) is 0 Å². The molecule has 1 aromatic carbocycles. The minimum absolute atomic E-state index is 0.208. The Kier molecular flexibility index (Phi) is 3.72. The van der Waals surface area contributed by atoms with Crippen molar-refractivity contribution >= 4 is 0 Å². The summed E-state index contributed by atoms with van der Waals surface area (Å²) < 4.78 is 31.7. The minimum atomic E-state index is -0.658. The van der Waals surface area contributed by atoms with Crippen molar-refractivity contribution < 1.29 is 13.2 Å². The van der Waals surface area contributed by atoms with Crippen LogP contribution in [0.15, 0.2) is 28.8 Å². The van der Waals surface area contributed by atoms with Crippen molar-refractivity contribution in [2.45, 2.75) is 26.4 Å². The standard InChI is InChI=1S/C13H14F2N2O/c1-8(2)16-7-13-17-6-12(18-13)10-4-3-9(14)5-11(10)15/h3-6,8,16H,7H2,1-2H3. The van der Waals surface area contributed by atoms with Crippen LogP contribution in [-0.4, -0.2) is 11.0 Å². The molecule has 0 radical (unpaired) electrons. The number of nitrogens with one attached hydrogen (secondary N) is 1. The van der Waals surface area contributed by atoms with Gasteiger partial charge in [-0.2, -0.15) is 0 Å². The number of benzene rings is 1. The van der Waals surface area contributed by atoms with Crippen LogP contribution < -0.4 is 5.32 Å². The summed E-state index contributed by atoms with van der Waals surface area (Å²) in [4.78, 5) is 4.04. The van der Waals surface area contributed by atoms with Crippen LogP contribution in [0.1, 0.15) is 19.7 Å². The highest BCUT2D eigenvalue weighted by Gasteiger charge is 2.11. The SMILES string of the molecule is CC(C)NCc1ncc(-c2ccc(F)cc2F)o1. The molecule has 0 aliphatic rings. The molecule has 3 nitrogen and oxygen atoms in total. The zero-order valence-corrected chi connectivity index (χ0v) is 10.2. The third-order valence-corrected chi connectivity index (χ3v) is 2.41. The van der Waals surface area contributed by atoms with Crippen LogP contribution in [-0.2, 0) is 6.54 Å². The van der Waals surface area contributed by atoms with Gasteiger partial charge in [-0.15, -0.1) is 0 Å². The lowest BCUT2D eigenvalue weighted by Crippen LogP contribution is -2.21. The zero-order chi connectivity index (χ0) is 13.1. The van der Waals surface area contributed by atoms with Crippen molar-refractivity contribution in [1.29, 1.82) is 0 Å². The Labute approximate surface area is 104 Å². The summed E-state index contributed by atoms with van der Waals surface area (Å²) in [6, 6.07) is 3.66. The maximum Gasteiger partial charge on any atom is 0.208 e. The van der Waals surface area contributed by atoms with Gasteiger partial charge in [-0.05, 0) is 12.1 Å². The van der Waals surface area contributed by atoms with Crippen LogP contribution in [0.4, 0.5) is 8.78 Å². The van der Waals surface area contributed by atoms with Gasteiger partial charge < -0.3 is 9.73 Å². The predicted molar refractivity (Wildman–Crippen MR) is 63.8 cm³/mol.